The van der Waals surface area contributed by atoms with Crippen LogP contribution in [0.25, 0.3) is 0 Å². The van der Waals surface area contributed by atoms with Gasteiger partial charge in [-0.15, -0.1) is 0 Å². The SMILES string of the molecule is C[Si](C)(Cl)CCCC(=O)Nc1ccc(NC(=O)CCC[Si](C)(C)Cl)cc1. The number of halogens is 2. The van der Waals surface area contributed by atoms with Crippen LogP contribution in [0.2, 0.25) is 38.3 Å². The van der Waals surface area contributed by atoms with Gasteiger partial charge in [-0.3, -0.25) is 9.59 Å². The molecule has 0 aliphatic carbocycles. The maximum absolute atomic E-state index is 11.9. The van der Waals surface area contributed by atoms with E-state index in [0.29, 0.717) is 12.8 Å². The Morgan fingerprint density at radius 3 is 1.35 bits per heavy atom. The molecule has 0 heterocycles. The fourth-order valence-electron chi connectivity index (χ4n) is 2.42. The highest BCUT2D eigenvalue weighted by atomic mass is 35.6. The van der Waals surface area contributed by atoms with Gasteiger partial charge in [0.15, 0.2) is 14.8 Å². The van der Waals surface area contributed by atoms with Gasteiger partial charge in [0.1, 0.15) is 0 Å². The number of hydrogen-bond donors (Lipinski definition) is 2. The molecule has 0 spiro atoms. The molecule has 0 fully saturated rings. The standard InChI is InChI=1S/C18H30Cl2N2O2Si2/c1-25(2,19)13-5-7-17(23)21-15-9-11-16(12-10-15)22-18(24)8-6-14-26(3,4)20/h9-12H,5-8,13-14H2,1-4H3,(H,21,23)(H,22,24). The Morgan fingerprint density at radius 2 is 1.08 bits per heavy atom. The maximum Gasteiger partial charge on any atom is 0.224 e. The molecule has 0 bridgehead atoms. The summed E-state index contributed by atoms with van der Waals surface area (Å²) in [6.07, 6.45) is 2.57. The van der Waals surface area contributed by atoms with E-state index in [0.717, 1.165) is 36.3 Å². The van der Waals surface area contributed by atoms with E-state index in [2.05, 4.69) is 36.8 Å². The molecule has 0 aliphatic heterocycles. The van der Waals surface area contributed by atoms with Gasteiger partial charge in [-0.05, 0) is 49.2 Å². The Labute approximate surface area is 168 Å². The Kier molecular flexibility index (Phi) is 9.37. The van der Waals surface area contributed by atoms with Gasteiger partial charge in [-0.25, -0.2) is 0 Å². The van der Waals surface area contributed by atoms with E-state index in [-0.39, 0.29) is 11.8 Å². The van der Waals surface area contributed by atoms with E-state index < -0.39 is 14.8 Å². The van der Waals surface area contributed by atoms with Crippen LogP contribution in [0.1, 0.15) is 25.7 Å². The largest absolute Gasteiger partial charge is 0.326 e. The average molecular weight is 434 g/mol. The number of nitrogens with one attached hydrogen (secondary N) is 2. The summed E-state index contributed by atoms with van der Waals surface area (Å²) in [5.41, 5.74) is 1.45. The smallest absolute Gasteiger partial charge is 0.224 e. The lowest BCUT2D eigenvalue weighted by Crippen LogP contribution is -2.18. The molecule has 4 nitrogen and oxygen atoms in total. The van der Waals surface area contributed by atoms with E-state index in [1.165, 1.54) is 0 Å². The number of amides is 2. The molecule has 0 saturated carbocycles. The number of carbonyl (C=O) groups excluding carboxylic acids is 2. The summed E-state index contributed by atoms with van der Waals surface area (Å²) in [5, 5.41) is 5.74. The third kappa shape index (κ3) is 11.7. The molecular formula is C18H30Cl2N2O2Si2. The first-order valence-corrected chi connectivity index (χ1v) is 17.5. The number of carbonyl (C=O) groups is 2. The van der Waals surface area contributed by atoms with Crippen molar-refractivity contribution in [2.75, 3.05) is 10.6 Å². The van der Waals surface area contributed by atoms with E-state index >= 15 is 0 Å². The minimum atomic E-state index is -1.61. The molecule has 2 N–H and O–H groups in total. The monoisotopic (exact) mass is 432 g/mol. The molecule has 2 amide bonds. The number of anilines is 2. The Bertz CT molecular complexity index is 544. The van der Waals surface area contributed by atoms with Crippen molar-refractivity contribution in [2.45, 2.75) is 64.0 Å². The average Bonchev–Trinajstić information content (AvgIpc) is 2.46. The molecule has 1 rings (SSSR count). The number of benzene rings is 1. The normalized spacial score (nSPS) is 11.9. The van der Waals surface area contributed by atoms with Gasteiger partial charge >= 0.3 is 0 Å². The molecule has 8 heteroatoms. The molecule has 0 unspecified atom stereocenters. The van der Waals surface area contributed by atoms with Crippen molar-refractivity contribution >= 4 is 60.1 Å². The molecule has 1 aromatic rings. The van der Waals surface area contributed by atoms with Crippen LogP contribution in [0.3, 0.4) is 0 Å². The molecule has 146 valence electrons. The second-order valence-electron chi connectivity index (χ2n) is 7.82. The number of rotatable bonds is 10. The zero-order valence-electron chi connectivity index (χ0n) is 16.1. The van der Waals surface area contributed by atoms with Crippen LogP contribution in [0.5, 0.6) is 0 Å². The van der Waals surface area contributed by atoms with Gasteiger partial charge in [0.05, 0.1) is 0 Å². The highest BCUT2D eigenvalue weighted by molar-refractivity contribution is 7.19. The zero-order chi connectivity index (χ0) is 19.8. The lowest BCUT2D eigenvalue weighted by molar-refractivity contribution is -0.117. The Morgan fingerprint density at radius 1 is 0.769 bits per heavy atom. The summed E-state index contributed by atoms with van der Waals surface area (Å²) in [6, 6.07) is 9.03. The van der Waals surface area contributed by atoms with Gasteiger partial charge in [0.2, 0.25) is 11.8 Å². The molecule has 0 saturated heterocycles. The van der Waals surface area contributed by atoms with Crippen LogP contribution in [0, 0.1) is 0 Å². The summed E-state index contributed by atoms with van der Waals surface area (Å²) < 4.78 is 0. The van der Waals surface area contributed by atoms with Crippen LogP contribution < -0.4 is 10.6 Å². The van der Waals surface area contributed by atoms with Crippen molar-refractivity contribution in [1.29, 1.82) is 0 Å². The minimum absolute atomic E-state index is 0.00967. The predicted octanol–water partition coefficient (Wildman–Crippen LogP) is 6.01. The summed E-state index contributed by atoms with van der Waals surface area (Å²) in [6.45, 7) is 8.33. The van der Waals surface area contributed by atoms with E-state index in [9.17, 15) is 9.59 Å². The Balaban J connectivity index is 2.36. The van der Waals surface area contributed by atoms with Gasteiger partial charge in [-0.2, -0.15) is 22.2 Å². The summed E-state index contributed by atoms with van der Waals surface area (Å²) >= 11 is 12.5. The van der Waals surface area contributed by atoms with Crippen molar-refractivity contribution in [3.63, 3.8) is 0 Å². The van der Waals surface area contributed by atoms with Crippen LogP contribution >= 0.6 is 22.2 Å². The third-order valence-corrected chi connectivity index (χ3v) is 8.02. The van der Waals surface area contributed by atoms with Gasteiger partial charge in [-0.1, -0.05) is 26.2 Å². The lowest BCUT2D eigenvalue weighted by atomic mass is 10.2. The quantitative estimate of drug-likeness (QED) is 0.351. The van der Waals surface area contributed by atoms with E-state index in [4.69, 9.17) is 22.2 Å². The van der Waals surface area contributed by atoms with Gasteiger partial charge in [0.25, 0.3) is 0 Å². The van der Waals surface area contributed by atoms with Crippen LogP contribution in [0.4, 0.5) is 11.4 Å². The van der Waals surface area contributed by atoms with Crippen molar-refractivity contribution in [1.82, 2.24) is 0 Å². The van der Waals surface area contributed by atoms with Gasteiger partial charge < -0.3 is 10.6 Å². The van der Waals surface area contributed by atoms with Crippen LogP contribution in [-0.2, 0) is 9.59 Å². The summed E-state index contributed by atoms with van der Waals surface area (Å²) in [5.74, 6) is -0.0193. The first kappa shape index (κ1) is 23.2. The van der Waals surface area contributed by atoms with Crippen molar-refractivity contribution in [3.8, 4) is 0 Å². The highest BCUT2D eigenvalue weighted by Gasteiger charge is 2.17. The molecule has 0 aliphatic rings. The molecule has 0 radical (unpaired) electrons. The fourth-order valence-corrected chi connectivity index (χ4v) is 5.26. The highest BCUT2D eigenvalue weighted by Crippen LogP contribution is 2.20. The third-order valence-electron chi connectivity index (χ3n) is 3.80. The summed E-state index contributed by atoms with van der Waals surface area (Å²) in [4.78, 5) is 23.9. The summed E-state index contributed by atoms with van der Waals surface area (Å²) in [7, 11) is -3.23. The number of hydrogen-bond acceptors (Lipinski definition) is 2. The lowest BCUT2D eigenvalue weighted by Gasteiger charge is -2.13. The van der Waals surface area contributed by atoms with Crippen LogP contribution in [-0.4, -0.2) is 26.6 Å². The molecule has 0 aromatic heterocycles. The Hall–Kier alpha value is -0.826. The maximum atomic E-state index is 11.9. The molecule has 1 aromatic carbocycles. The second-order valence-corrected chi connectivity index (χ2v) is 21.8. The minimum Gasteiger partial charge on any atom is -0.326 e. The van der Waals surface area contributed by atoms with Crippen molar-refractivity contribution in [3.05, 3.63) is 24.3 Å². The molecule has 0 atom stereocenters. The van der Waals surface area contributed by atoms with Crippen molar-refractivity contribution in [2.24, 2.45) is 0 Å². The molecule has 26 heavy (non-hydrogen) atoms. The predicted molar refractivity (Wildman–Crippen MR) is 118 cm³/mol. The van der Waals surface area contributed by atoms with E-state index in [1.807, 2.05) is 0 Å². The van der Waals surface area contributed by atoms with Crippen LogP contribution in [0.15, 0.2) is 24.3 Å². The zero-order valence-corrected chi connectivity index (χ0v) is 19.6. The first-order chi connectivity index (χ1) is 11.9. The fraction of sp³-hybridized carbons (Fsp3) is 0.556. The topological polar surface area (TPSA) is 58.2 Å². The molecular weight excluding hydrogens is 403 g/mol. The van der Waals surface area contributed by atoms with E-state index in [1.54, 1.807) is 24.3 Å². The second kappa shape index (κ2) is 10.5. The van der Waals surface area contributed by atoms with Crippen molar-refractivity contribution < 1.29 is 9.59 Å². The van der Waals surface area contributed by atoms with Gasteiger partial charge in [0, 0.05) is 24.2 Å². The first-order valence-electron chi connectivity index (χ1n) is 9.02.